The number of aryl methyl sites for hydroxylation is 1. The zero-order valence-corrected chi connectivity index (χ0v) is 10.1. The minimum absolute atomic E-state index is 0.231. The first-order valence-electron chi connectivity index (χ1n) is 4.71. The molecule has 1 aromatic heterocycles. The number of hydrazine groups is 1. The molecule has 1 heterocycles. The normalized spacial score (nSPS) is 9.69. The Kier molecular flexibility index (Phi) is 4.24. The van der Waals surface area contributed by atoms with E-state index in [-0.39, 0.29) is 5.91 Å². The van der Waals surface area contributed by atoms with Crippen molar-refractivity contribution in [3.05, 3.63) is 10.6 Å². The molecule has 0 unspecified atom stereocenters. The summed E-state index contributed by atoms with van der Waals surface area (Å²) in [6.07, 6.45) is 0. The number of nitrogens with zero attached hydrogens (tertiary/aromatic N) is 1. The van der Waals surface area contributed by atoms with E-state index in [0.29, 0.717) is 22.3 Å². The molecule has 1 amide bonds. The van der Waals surface area contributed by atoms with Gasteiger partial charge in [0.25, 0.3) is 0 Å². The summed E-state index contributed by atoms with van der Waals surface area (Å²) in [5.41, 5.74) is 5.56. The molecule has 7 heteroatoms. The van der Waals surface area contributed by atoms with Crippen molar-refractivity contribution in [2.45, 2.75) is 20.8 Å². The average molecular weight is 243 g/mol. The predicted octanol–water partition coefficient (Wildman–Crippen LogP) is 1.09. The summed E-state index contributed by atoms with van der Waals surface area (Å²) in [5, 5.41) is 0.454. The molecule has 1 rings (SSSR count). The first kappa shape index (κ1) is 12.4. The van der Waals surface area contributed by atoms with Crippen molar-refractivity contribution in [1.29, 1.82) is 0 Å². The molecule has 0 aliphatic carbocycles. The van der Waals surface area contributed by atoms with E-state index in [4.69, 9.17) is 4.74 Å². The van der Waals surface area contributed by atoms with Gasteiger partial charge in [-0.25, -0.2) is 9.78 Å². The molecular weight excluding hydrogens is 230 g/mol. The van der Waals surface area contributed by atoms with Crippen molar-refractivity contribution < 1.29 is 14.3 Å². The van der Waals surface area contributed by atoms with Crippen LogP contribution >= 0.6 is 11.3 Å². The summed E-state index contributed by atoms with van der Waals surface area (Å²) in [5.74, 6) is -0.626. The van der Waals surface area contributed by atoms with E-state index in [1.165, 1.54) is 6.92 Å². The van der Waals surface area contributed by atoms with Crippen LogP contribution in [0.1, 0.15) is 29.2 Å². The summed E-state index contributed by atoms with van der Waals surface area (Å²) < 4.78 is 4.86. The summed E-state index contributed by atoms with van der Waals surface area (Å²) in [6, 6.07) is 0. The van der Waals surface area contributed by atoms with Gasteiger partial charge in [0.2, 0.25) is 11.0 Å². The number of thiazole rings is 1. The lowest BCUT2D eigenvalue weighted by Gasteiger charge is -2.00. The van der Waals surface area contributed by atoms with Crippen LogP contribution in [0, 0.1) is 6.92 Å². The van der Waals surface area contributed by atoms with Gasteiger partial charge in [0.15, 0.2) is 0 Å². The summed E-state index contributed by atoms with van der Waals surface area (Å²) in [6.45, 7) is 5.15. The van der Waals surface area contributed by atoms with Crippen LogP contribution in [0.2, 0.25) is 0 Å². The summed E-state index contributed by atoms with van der Waals surface area (Å²) in [4.78, 5) is 26.6. The Morgan fingerprint density at radius 1 is 1.50 bits per heavy atom. The van der Waals surface area contributed by atoms with Crippen molar-refractivity contribution in [3.63, 3.8) is 0 Å². The lowest BCUT2D eigenvalue weighted by atomic mass is 10.4. The molecule has 0 saturated carbocycles. The van der Waals surface area contributed by atoms with E-state index < -0.39 is 5.97 Å². The van der Waals surface area contributed by atoms with Crippen LogP contribution in [0.25, 0.3) is 0 Å². The van der Waals surface area contributed by atoms with Crippen LogP contribution in [0.3, 0.4) is 0 Å². The Morgan fingerprint density at radius 2 is 2.19 bits per heavy atom. The average Bonchev–Trinajstić information content (AvgIpc) is 2.57. The number of ether oxygens (including phenoxy) is 1. The first-order valence-corrected chi connectivity index (χ1v) is 5.53. The quantitative estimate of drug-likeness (QED) is 0.611. The number of amides is 1. The molecule has 88 valence electrons. The number of hydrogen-bond donors (Lipinski definition) is 2. The second-order valence-corrected chi connectivity index (χ2v) is 3.96. The van der Waals surface area contributed by atoms with Gasteiger partial charge in [-0.2, -0.15) is 0 Å². The zero-order chi connectivity index (χ0) is 12.1. The minimum atomic E-state index is -0.395. The lowest BCUT2D eigenvalue weighted by molar-refractivity contribution is -0.118. The molecule has 1 aromatic rings. The highest BCUT2D eigenvalue weighted by molar-refractivity contribution is 7.17. The molecular formula is C9H13N3O3S. The number of rotatable bonds is 4. The maximum absolute atomic E-state index is 11.5. The zero-order valence-electron chi connectivity index (χ0n) is 9.29. The van der Waals surface area contributed by atoms with Gasteiger partial charge in [-0.05, 0) is 13.8 Å². The number of carbonyl (C=O) groups excluding carboxylic acids is 2. The van der Waals surface area contributed by atoms with Crippen molar-refractivity contribution in [2.75, 3.05) is 12.0 Å². The highest BCUT2D eigenvalue weighted by Gasteiger charge is 2.16. The van der Waals surface area contributed by atoms with Gasteiger partial charge < -0.3 is 4.74 Å². The van der Waals surface area contributed by atoms with Gasteiger partial charge in [0.05, 0.1) is 12.3 Å². The van der Waals surface area contributed by atoms with E-state index in [2.05, 4.69) is 15.8 Å². The fourth-order valence-electron chi connectivity index (χ4n) is 0.977. The van der Waals surface area contributed by atoms with Crippen LogP contribution in [0.4, 0.5) is 5.13 Å². The third kappa shape index (κ3) is 3.20. The van der Waals surface area contributed by atoms with Gasteiger partial charge >= 0.3 is 5.97 Å². The minimum Gasteiger partial charge on any atom is -0.462 e. The SMILES string of the molecule is CCOC(=O)c1sc(NNC(C)=O)nc1C. The number of hydrogen-bond acceptors (Lipinski definition) is 6. The Balaban J connectivity index is 2.73. The summed E-state index contributed by atoms with van der Waals surface area (Å²) >= 11 is 1.14. The van der Waals surface area contributed by atoms with Crippen molar-refractivity contribution in [1.82, 2.24) is 10.4 Å². The second-order valence-electron chi connectivity index (χ2n) is 2.96. The van der Waals surface area contributed by atoms with Crippen molar-refractivity contribution in [3.8, 4) is 0 Å². The highest BCUT2D eigenvalue weighted by atomic mass is 32.1. The Hall–Kier alpha value is -1.63. The lowest BCUT2D eigenvalue weighted by Crippen LogP contribution is -2.26. The number of nitrogens with one attached hydrogen (secondary N) is 2. The third-order valence-corrected chi connectivity index (χ3v) is 2.66. The molecule has 0 aliphatic rings. The molecule has 16 heavy (non-hydrogen) atoms. The molecule has 0 fully saturated rings. The first-order chi connectivity index (χ1) is 7.54. The fourth-order valence-corrected chi connectivity index (χ4v) is 1.79. The largest absolute Gasteiger partial charge is 0.462 e. The summed E-state index contributed by atoms with van der Waals surface area (Å²) in [7, 11) is 0. The van der Waals surface area contributed by atoms with Gasteiger partial charge in [0.1, 0.15) is 4.88 Å². The third-order valence-electron chi connectivity index (χ3n) is 1.60. The van der Waals surface area contributed by atoms with Crippen LogP contribution in [0.5, 0.6) is 0 Å². The van der Waals surface area contributed by atoms with Gasteiger partial charge in [-0.3, -0.25) is 15.6 Å². The molecule has 0 spiro atoms. The van der Waals surface area contributed by atoms with E-state index in [1.54, 1.807) is 13.8 Å². The van der Waals surface area contributed by atoms with E-state index in [9.17, 15) is 9.59 Å². The topological polar surface area (TPSA) is 80.3 Å². The Morgan fingerprint density at radius 3 is 2.75 bits per heavy atom. The number of aromatic nitrogens is 1. The maximum Gasteiger partial charge on any atom is 0.350 e. The van der Waals surface area contributed by atoms with Crippen molar-refractivity contribution in [2.24, 2.45) is 0 Å². The number of esters is 1. The molecule has 0 aromatic carbocycles. The van der Waals surface area contributed by atoms with Crippen LogP contribution in [0.15, 0.2) is 0 Å². The van der Waals surface area contributed by atoms with Crippen LogP contribution in [-0.4, -0.2) is 23.5 Å². The molecule has 2 N–H and O–H groups in total. The number of carbonyl (C=O) groups is 2. The second kappa shape index (κ2) is 5.45. The van der Waals surface area contributed by atoms with E-state index in [1.807, 2.05) is 0 Å². The Labute approximate surface area is 97.0 Å². The predicted molar refractivity (Wildman–Crippen MR) is 60.2 cm³/mol. The molecule has 0 bridgehead atoms. The van der Waals surface area contributed by atoms with E-state index >= 15 is 0 Å². The van der Waals surface area contributed by atoms with Crippen molar-refractivity contribution >= 4 is 28.3 Å². The highest BCUT2D eigenvalue weighted by Crippen LogP contribution is 2.22. The molecule has 6 nitrogen and oxygen atoms in total. The molecule has 0 saturated heterocycles. The van der Waals surface area contributed by atoms with Gasteiger partial charge in [-0.15, -0.1) is 0 Å². The smallest absolute Gasteiger partial charge is 0.350 e. The fraction of sp³-hybridized carbons (Fsp3) is 0.444. The van der Waals surface area contributed by atoms with Gasteiger partial charge in [-0.1, -0.05) is 11.3 Å². The molecule has 0 radical (unpaired) electrons. The molecule has 0 atom stereocenters. The maximum atomic E-state index is 11.5. The van der Waals surface area contributed by atoms with Crippen LogP contribution in [-0.2, 0) is 9.53 Å². The Bertz CT molecular complexity index is 403. The number of anilines is 1. The van der Waals surface area contributed by atoms with E-state index in [0.717, 1.165) is 11.3 Å². The van der Waals surface area contributed by atoms with Crippen LogP contribution < -0.4 is 10.9 Å². The standard InChI is InChI=1S/C9H13N3O3S/c1-4-15-8(14)7-5(2)10-9(16-7)12-11-6(3)13/h4H2,1-3H3,(H,10,12)(H,11,13). The van der Waals surface area contributed by atoms with Gasteiger partial charge in [0, 0.05) is 6.92 Å². The molecule has 0 aliphatic heterocycles. The monoisotopic (exact) mass is 243 g/mol.